The Morgan fingerprint density at radius 3 is 2.40 bits per heavy atom. The number of carboxylic acids is 1. The van der Waals surface area contributed by atoms with Crippen molar-refractivity contribution in [2.24, 2.45) is 5.73 Å². The SMILES string of the molecule is Cc1noc(C)c1C(C)(C)C(N)C(=O)O. The van der Waals surface area contributed by atoms with Crippen molar-refractivity contribution < 1.29 is 14.4 Å². The van der Waals surface area contributed by atoms with Crippen molar-refractivity contribution in [1.29, 1.82) is 0 Å². The van der Waals surface area contributed by atoms with E-state index >= 15 is 0 Å². The predicted octanol–water partition coefficient (Wildman–Crippen LogP) is 0.981. The van der Waals surface area contributed by atoms with Gasteiger partial charge in [-0.05, 0) is 13.8 Å². The van der Waals surface area contributed by atoms with E-state index in [0.29, 0.717) is 11.5 Å². The number of aryl methyl sites for hydroxylation is 2. The van der Waals surface area contributed by atoms with Crippen molar-refractivity contribution in [2.45, 2.75) is 39.2 Å². The lowest BCUT2D eigenvalue weighted by molar-refractivity contribution is -0.140. The van der Waals surface area contributed by atoms with E-state index in [1.807, 2.05) is 0 Å². The highest BCUT2D eigenvalue weighted by molar-refractivity contribution is 5.75. The standard InChI is InChI=1S/C10H16N2O3/c1-5-7(6(2)15-12-5)10(3,4)8(11)9(13)14/h8H,11H2,1-4H3,(H,13,14). The Bertz CT molecular complexity index is 363. The summed E-state index contributed by atoms with van der Waals surface area (Å²) in [5.74, 6) is -0.408. The average molecular weight is 212 g/mol. The fourth-order valence-electron chi connectivity index (χ4n) is 1.87. The average Bonchev–Trinajstić information content (AvgIpc) is 2.44. The van der Waals surface area contributed by atoms with Crippen LogP contribution in [0.15, 0.2) is 4.52 Å². The number of nitrogens with zero attached hydrogens (tertiary/aromatic N) is 1. The van der Waals surface area contributed by atoms with Gasteiger partial charge >= 0.3 is 5.97 Å². The fourth-order valence-corrected chi connectivity index (χ4v) is 1.87. The molecule has 0 radical (unpaired) electrons. The van der Waals surface area contributed by atoms with Gasteiger partial charge in [-0.2, -0.15) is 0 Å². The number of rotatable bonds is 3. The summed E-state index contributed by atoms with van der Waals surface area (Å²) < 4.78 is 5.01. The third-order valence-electron chi connectivity index (χ3n) is 2.72. The third kappa shape index (κ3) is 1.87. The third-order valence-corrected chi connectivity index (χ3v) is 2.72. The molecular formula is C10H16N2O3. The van der Waals surface area contributed by atoms with Crippen LogP contribution in [0.2, 0.25) is 0 Å². The number of hydrogen-bond donors (Lipinski definition) is 2. The first kappa shape index (κ1) is 11.7. The van der Waals surface area contributed by atoms with E-state index in [2.05, 4.69) is 5.16 Å². The minimum Gasteiger partial charge on any atom is -0.480 e. The van der Waals surface area contributed by atoms with Gasteiger partial charge in [0.25, 0.3) is 0 Å². The molecule has 5 nitrogen and oxygen atoms in total. The molecule has 5 heteroatoms. The number of hydrogen-bond acceptors (Lipinski definition) is 4. The van der Waals surface area contributed by atoms with E-state index in [1.165, 1.54) is 0 Å². The van der Waals surface area contributed by atoms with E-state index in [9.17, 15) is 4.79 Å². The molecule has 0 aliphatic carbocycles. The number of carboxylic acid groups (broad SMARTS) is 1. The first-order chi connectivity index (χ1) is 6.78. The molecule has 1 aromatic heterocycles. The summed E-state index contributed by atoms with van der Waals surface area (Å²) in [5.41, 5.74) is 6.42. The highest BCUT2D eigenvalue weighted by atomic mass is 16.5. The van der Waals surface area contributed by atoms with E-state index < -0.39 is 17.4 Å². The van der Waals surface area contributed by atoms with Crippen molar-refractivity contribution in [3.8, 4) is 0 Å². The highest BCUT2D eigenvalue weighted by Gasteiger charge is 2.38. The quantitative estimate of drug-likeness (QED) is 0.779. The number of carbonyl (C=O) groups is 1. The molecule has 1 atom stereocenters. The zero-order chi connectivity index (χ0) is 11.8. The normalized spacial score (nSPS) is 13.9. The lowest BCUT2D eigenvalue weighted by Crippen LogP contribution is -2.47. The molecule has 3 N–H and O–H groups in total. The number of aromatic nitrogens is 1. The van der Waals surface area contributed by atoms with Gasteiger partial charge in [-0.15, -0.1) is 0 Å². The second-order valence-corrected chi connectivity index (χ2v) is 4.24. The van der Waals surface area contributed by atoms with Crippen molar-refractivity contribution in [2.75, 3.05) is 0 Å². The Labute approximate surface area is 88.2 Å². The smallest absolute Gasteiger partial charge is 0.321 e. The summed E-state index contributed by atoms with van der Waals surface area (Å²) >= 11 is 0. The first-order valence-corrected chi connectivity index (χ1v) is 4.70. The molecule has 0 aromatic carbocycles. The molecule has 0 bridgehead atoms. The second-order valence-electron chi connectivity index (χ2n) is 4.24. The summed E-state index contributed by atoms with van der Waals surface area (Å²) in [7, 11) is 0. The Morgan fingerprint density at radius 2 is 2.07 bits per heavy atom. The monoisotopic (exact) mass is 212 g/mol. The summed E-state index contributed by atoms with van der Waals surface area (Å²) in [4.78, 5) is 10.9. The second kappa shape index (κ2) is 3.66. The number of nitrogens with two attached hydrogens (primary N) is 1. The molecule has 0 fully saturated rings. The molecule has 84 valence electrons. The van der Waals surface area contributed by atoms with Crippen LogP contribution in [0.25, 0.3) is 0 Å². The van der Waals surface area contributed by atoms with Gasteiger partial charge in [0.05, 0.1) is 5.69 Å². The fraction of sp³-hybridized carbons (Fsp3) is 0.600. The molecule has 0 aliphatic rings. The lowest BCUT2D eigenvalue weighted by atomic mass is 9.77. The molecule has 1 heterocycles. The van der Waals surface area contributed by atoms with Crippen LogP contribution in [0.1, 0.15) is 30.9 Å². The Balaban J connectivity index is 3.21. The van der Waals surface area contributed by atoms with Crippen molar-refractivity contribution in [3.05, 3.63) is 17.0 Å². The molecular weight excluding hydrogens is 196 g/mol. The van der Waals surface area contributed by atoms with Crippen LogP contribution in [-0.2, 0) is 10.2 Å². The molecule has 1 unspecified atom stereocenters. The topological polar surface area (TPSA) is 89.4 Å². The van der Waals surface area contributed by atoms with E-state index in [1.54, 1.807) is 27.7 Å². The van der Waals surface area contributed by atoms with E-state index in [4.69, 9.17) is 15.4 Å². The van der Waals surface area contributed by atoms with Gasteiger partial charge in [-0.25, -0.2) is 0 Å². The van der Waals surface area contributed by atoms with Crippen LogP contribution in [-0.4, -0.2) is 22.3 Å². The summed E-state index contributed by atoms with van der Waals surface area (Å²) in [6, 6.07) is -0.978. The molecule has 1 rings (SSSR count). The molecule has 0 saturated carbocycles. The van der Waals surface area contributed by atoms with Crippen LogP contribution in [0, 0.1) is 13.8 Å². The first-order valence-electron chi connectivity index (χ1n) is 4.70. The largest absolute Gasteiger partial charge is 0.480 e. The molecule has 15 heavy (non-hydrogen) atoms. The minimum absolute atomic E-state index is 0.620. The van der Waals surface area contributed by atoms with Crippen molar-refractivity contribution in [3.63, 3.8) is 0 Å². The maximum Gasteiger partial charge on any atom is 0.321 e. The van der Waals surface area contributed by atoms with Gasteiger partial charge in [0, 0.05) is 11.0 Å². The lowest BCUT2D eigenvalue weighted by Gasteiger charge is -2.28. The highest BCUT2D eigenvalue weighted by Crippen LogP contribution is 2.31. The maximum absolute atomic E-state index is 10.9. The molecule has 1 aromatic rings. The Hall–Kier alpha value is -1.36. The van der Waals surface area contributed by atoms with Gasteiger partial charge in [-0.1, -0.05) is 19.0 Å². The van der Waals surface area contributed by atoms with Gasteiger partial charge in [0.1, 0.15) is 11.8 Å². The van der Waals surface area contributed by atoms with Crippen LogP contribution < -0.4 is 5.73 Å². The summed E-state index contributed by atoms with van der Waals surface area (Å²) in [6.45, 7) is 7.09. The molecule has 0 aliphatic heterocycles. The molecule has 0 spiro atoms. The van der Waals surface area contributed by atoms with E-state index in [-0.39, 0.29) is 0 Å². The van der Waals surface area contributed by atoms with Gasteiger partial charge in [0.2, 0.25) is 0 Å². The van der Waals surface area contributed by atoms with Crippen LogP contribution in [0.5, 0.6) is 0 Å². The maximum atomic E-state index is 10.9. The molecule has 0 amide bonds. The zero-order valence-corrected chi connectivity index (χ0v) is 9.37. The number of aliphatic carboxylic acids is 1. The van der Waals surface area contributed by atoms with Gasteiger partial charge in [0.15, 0.2) is 0 Å². The summed E-state index contributed by atoms with van der Waals surface area (Å²) in [5, 5.41) is 12.7. The van der Waals surface area contributed by atoms with Crippen LogP contribution in [0.3, 0.4) is 0 Å². The Kier molecular flexibility index (Phi) is 2.86. The van der Waals surface area contributed by atoms with Crippen molar-refractivity contribution >= 4 is 5.97 Å². The minimum atomic E-state index is -1.03. The zero-order valence-electron chi connectivity index (χ0n) is 9.37. The van der Waals surface area contributed by atoms with Crippen LogP contribution in [0.4, 0.5) is 0 Å². The van der Waals surface area contributed by atoms with Crippen molar-refractivity contribution in [1.82, 2.24) is 5.16 Å². The molecule has 0 saturated heterocycles. The van der Waals surface area contributed by atoms with Gasteiger partial charge in [-0.3, -0.25) is 4.79 Å². The summed E-state index contributed by atoms with van der Waals surface area (Å²) in [6.07, 6.45) is 0. The predicted molar refractivity (Wildman–Crippen MR) is 54.6 cm³/mol. The Morgan fingerprint density at radius 1 is 1.53 bits per heavy atom. The van der Waals surface area contributed by atoms with Gasteiger partial charge < -0.3 is 15.4 Å². The van der Waals surface area contributed by atoms with E-state index in [0.717, 1.165) is 5.56 Å². The van der Waals surface area contributed by atoms with Crippen LogP contribution >= 0.6 is 0 Å².